The number of nitrogens with zero attached hydrogens (tertiary/aromatic N) is 3. The fourth-order valence-corrected chi connectivity index (χ4v) is 3.36. The number of carbonyl (C=O) groups excluding carboxylic acids is 1. The van der Waals surface area contributed by atoms with E-state index in [9.17, 15) is 9.59 Å². The van der Waals surface area contributed by atoms with E-state index in [2.05, 4.69) is 15.3 Å². The van der Waals surface area contributed by atoms with Crippen molar-refractivity contribution in [3.05, 3.63) is 59.0 Å². The third kappa shape index (κ3) is 2.61. The smallest absolute Gasteiger partial charge is 0.267 e. The molecule has 3 aromatic rings. The summed E-state index contributed by atoms with van der Waals surface area (Å²) in [6.07, 6.45) is 4.24. The number of fused-ring (bicyclic) bond motifs is 1. The summed E-state index contributed by atoms with van der Waals surface area (Å²) in [6.45, 7) is 0.583. The van der Waals surface area contributed by atoms with Crippen molar-refractivity contribution < 1.29 is 9.21 Å². The minimum absolute atomic E-state index is 0.0434. The number of nitrogens with one attached hydrogen (secondary N) is 1. The maximum Gasteiger partial charge on any atom is 0.267 e. The van der Waals surface area contributed by atoms with Gasteiger partial charge in [-0.15, -0.1) is 0 Å². The van der Waals surface area contributed by atoms with E-state index in [1.54, 1.807) is 18.4 Å². The Bertz CT molecular complexity index is 948. The molecular formula is C16H12N4O3S. The Hall–Kier alpha value is -2.87. The third-order valence-electron chi connectivity index (χ3n) is 3.67. The molecule has 0 spiro atoms. The Balaban J connectivity index is 1.55. The molecule has 0 saturated heterocycles. The molecule has 120 valence electrons. The van der Waals surface area contributed by atoms with Gasteiger partial charge in [-0.2, -0.15) is 0 Å². The van der Waals surface area contributed by atoms with Crippen LogP contribution in [0.3, 0.4) is 0 Å². The molecule has 0 unspecified atom stereocenters. The van der Waals surface area contributed by atoms with Crippen molar-refractivity contribution in [1.29, 1.82) is 0 Å². The zero-order valence-electron chi connectivity index (χ0n) is 12.4. The Morgan fingerprint density at radius 2 is 2.08 bits per heavy atom. The largest absolute Gasteiger partial charge is 0.451 e. The topological polar surface area (TPSA) is 90.0 Å². The maximum atomic E-state index is 12.3. The highest BCUT2D eigenvalue weighted by Crippen LogP contribution is 2.21. The van der Waals surface area contributed by atoms with Crippen LogP contribution in [0.1, 0.15) is 10.4 Å². The maximum absolute atomic E-state index is 12.3. The van der Waals surface area contributed by atoms with Gasteiger partial charge < -0.3 is 9.73 Å². The van der Waals surface area contributed by atoms with E-state index >= 15 is 0 Å². The quantitative estimate of drug-likeness (QED) is 0.736. The van der Waals surface area contributed by atoms with Gasteiger partial charge in [0.1, 0.15) is 17.5 Å². The highest BCUT2D eigenvalue weighted by atomic mass is 32.2. The van der Waals surface area contributed by atoms with Crippen LogP contribution < -0.4 is 10.9 Å². The second kappa shape index (κ2) is 5.97. The van der Waals surface area contributed by atoms with Crippen LogP contribution in [0.15, 0.2) is 57.5 Å². The zero-order valence-corrected chi connectivity index (χ0v) is 13.2. The summed E-state index contributed by atoms with van der Waals surface area (Å²) in [5.41, 5.74) is 1.92. The number of hydrogen-bond acceptors (Lipinski definition) is 6. The van der Waals surface area contributed by atoms with Crippen molar-refractivity contribution in [1.82, 2.24) is 14.5 Å². The van der Waals surface area contributed by atoms with Crippen LogP contribution in [-0.2, 0) is 6.54 Å². The Morgan fingerprint density at radius 1 is 1.25 bits per heavy atom. The molecule has 0 bridgehead atoms. The first-order valence-electron chi connectivity index (χ1n) is 7.25. The number of hydrogen-bond donors (Lipinski definition) is 1. The first kappa shape index (κ1) is 14.7. The normalized spacial score (nSPS) is 12.8. The highest BCUT2D eigenvalue weighted by Gasteiger charge is 2.20. The highest BCUT2D eigenvalue weighted by molar-refractivity contribution is 7.99. The average Bonchev–Trinajstić information content (AvgIpc) is 3.27. The van der Waals surface area contributed by atoms with Gasteiger partial charge in [-0.25, -0.2) is 9.97 Å². The first-order chi connectivity index (χ1) is 11.7. The molecule has 2 aromatic heterocycles. The number of oxazole rings is 1. The summed E-state index contributed by atoms with van der Waals surface area (Å²) in [6, 6.07) is 7.13. The Morgan fingerprint density at radius 3 is 2.83 bits per heavy atom. The number of anilines is 1. The standard InChI is InChI=1S/C16H12N4O3S/c21-14(12-7-17-16-20(15(12)22)5-6-24-16)19-11-3-1-10(2-4-11)13-8-23-9-18-13/h1-4,7-9H,5-6H2,(H,19,21). The summed E-state index contributed by atoms with van der Waals surface area (Å²) in [5, 5.41) is 3.38. The van der Waals surface area contributed by atoms with E-state index in [0.29, 0.717) is 23.1 Å². The van der Waals surface area contributed by atoms with Crippen LogP contribution >= 0.6 is 11.8 Å². The van der Waals surface area contributed by atoms with Gasteiger partial charge in [0.05, 0.1) is 0 Å². The van der Waals surface area contributed by atoms with Gasteiger partial charge >= 0.3 is 0 Å². The molecule has 0 aliphatic carbocycles. The summed E-state index contributed by atoms with van der Waals surface area (Å²) >= 11 is 1.51. The summed E-state index contributed by atoms with van der Waals surface area (Å²) in [5.74, 6) is 0.338. The zero-order chi connectivity index (χ0) is 16.5. The van der Waals surface area contributed by atoms with Crippen LogP contribution in [-0.4, -0.2) is 26.2 Å². The van der Waals surface area contributed by atoms with Crippen molar-refractivity contribution in [2.75, 3.05) is 11.1 Å². The van der Waals surface area contributed by atoms with Crippen molar-refractivity contribution in [3.63, 3.8) is 0 Å². The molecule has 1 aliphatic rings. The predicted molar refractivity (Wildman–Crippen MR) is 89.1 cm³/mol. The number of aromatic nitrogens is 3. The third-order valence-corrected chi connectivity index (χ3v) is 4.64. The van der Waals surface area contributed by atoms with Crippen LogP contribution in [0, 0.1) is 0 Å². The lowest BCUT2D eigenvalue weighted by Gasteiger charge is -2.07. The van der Waals surface area contributed by atoms with Gasteiger partial charge in [-0.1, -0.05) is 23.9 Å². The molecule has 1 amide bonds. The van der Waals surface area contributed by atoms with Gasteiger partial charge in [0.15, 0.2) is 11.6 Å². The second-order valence-electron chi connectivity index (χ2n) is 5.16. The van der Waals surface area contributed by atoms with E-state index < -0.39 is 5.91 Å². The van der Waals surface area contributed by atoms with E-state index in [4.69, 9.17) is 4.42 Å². The van der Waals surface area contributed by atoms with E-state index in [-0.39, 0.29) is 11.1 Å². The van der Waals surface area contributed by atoms with Crippen LogP contribution in [0.4, 0.5) is 5.69 Å². The molecule has 8 heteroatoms. The lowest BCUT2D eigenvalue weighted by atomic mass is 10.1. The molecule has 0 atom stereocenters. The van der Waals surface area contributed by atoms with Gasteiger partial charge in [0, 0.05) is 29.7 Å². The van der Waals surface area contributed by atoms with Gasteiger partial charge in [-0.05, 0) is 12.1 Å². The fourth-order valence-electron chi connectivity index (χ4n) is 2.45. The molecule has 4 rings (SSSR count). The number of rotatable bonds is 3. The second-order valence-corrected chi connectivity index (χ2v) is 6.23. The molecule has 0 radical (unpaired) electrons. The molecule has 0 fully saturated rings. The summed E-state index contributed by atoms with van der Waals surface area (Å²) in [7, 11) is 0. The number of benzene rings is 1. The number of amides is 1. The number of thioether (sulfide) groups is 1. The van der Waals surface area contributed by atoms with Crippen molar-refractivity contribution in [2.24, 2.45) is 0 Å². The monoisotopic (exact) mass is 340 g/mol. The summed E-state index contributed by atoms with van der Waals surface area (Å²) < 4.78 is 6.48. The minimum atomic E-state index is -0.464. The van der Waals surface area contributed by atoms with Gasteiger partial charge in [0.25, 0.3) is 11.5 Å². The van der Waals surface area contributed by atoms with Crippen molar-refractivity contribution in [3.8, 4) is 11.3 Å². The van der Waals surface area contributed by atoms with E-state index in [0.717, 1.165) is 11.3 Å². The van der Waals surface area contributed by atoms with Crippen LogP contribution in [0.2, 0.25) is 0 Å². The fraction of sp³-hybridized carbons (Fsp3) is 0.125. The molecule has 1 aliphatic heterocycles. The Kier molecular flexibility index (Phi) is 3.66. The Labute approximate surface area is 140 Å². The molecule has 24 heavy (non-hydrogen) atoms. The lowest BCUT2D eigenvalue weighted by molar-refractivity contribution is 0.102. The molecule has 1 N–H and O–H groups in total. The van der Waals surface area contributed by atoms with Crippen molar-refractivity contribution in [2.45, 2.75) is 11.7 Å². The molecule has 3 heterocycles. The van der Waals surface area contributed by atoms with Gasteiger partial charge in [0.2, 0.25) is 0 Å². The summed E-state index contributed by atoms with van der Waals surface area (Å²) in [4.78, 5) is 32.9. The van der Waals surface area contributed by atoms with Crippen molar-refractivity contribution >= 4 is 23.4 Å². The SMILES string of the molecule is O=C(Nc1ccc(-c2cocn2)cc1)c1cnc2n(c1=O)CCS2. The predicted octanol–water partition coefficient (Wildman–Crippen LogP) is 2.26. The average molecular weight is 340 g/mol. The molecule has 0 saturated carbocycles. The van der Waals surface area contributed by atoms with Crippen LogP contribution in [0.5, 0.6) is 0 Å². The first-order valence-corrected chi connectivity index (χ1v) is 8.23. The van der Waals surface area contributed by atoms with E-state index in [1.165, 1.54) is 28.9 Å². The van der Waals surface area contributed by atoms with Gasteiger partial charge in [-0.3, -0.25) is 14.2 Å². The molecule has 1 aromatic carbocycles. The lowest BCUT2D eigenvalue weighted by Crippen LogP contribution is -2.29. The van der Waals surface area contributed by atoms with E-state index in [1.807, 2.05) is 12.1 Å². The number of carbonyl (C=O) groups is 1. The molecular weight excluding hydrogens is 328 g/mol. The minimum Gasteiger partial charge on any atom is -0.451 e. The van der Waals surface area contributed by atoms with Crippen LogP contribution in [0.25, 0.3) is 11.3 Å². The molecule has 7 nitrogen and oxygen atoms in total.